The standard InChI is InChI=1S/C26H32F4N2O3.CH4O/c1-5-21(20-14-31-15-22(27)24(20)35-17(2)3)25(4)12-6-7-13-32(25)23(33)16-34-19-10-8-18(9-11-19)26(28,29)30;1-2/h8-11,14-15,17,21H,5-7,12-13,16H2,1-4H3;2H,1H3. The lowest BCUT2D eigenvalue weighted by Crippen LogP contribution is -2.57. The first-order valence-electron chi connectivity index (χ1n) is 12.3. The number of benzene rings is 1. The zero-order valence-electron chi connectivity index (χ0n) is 21.9. The number of carbonyl (C=O) groups excluding carboxylic acids is 1. The Kier molecular flexibility index (Phi) is 10.7. The Bertz CT molecular complexity index is 1010. The average Bonchev–Trinajstić information content (AvgIpc) is 2.86. The van der Waals surface area contributed by atoms with Gasteiger partial charge in [-0.05, 0) is 70.7 Å². The Morgan fingerprint density at radius 1 is 1.16 bits per heavy atom. The molecule has 37 heavy (non-hydrogen) atoms. The number of hydrogen-bond acceptors (Lipinski definition) is 5. The van der Waals surface area contributed by atoms with Crippen LogP contribution in [-0.4, -0.2) is 52.8 Å². The number of halogens is 4. The molecule has 2 aromatic rings. The van der Waals surface area contributed by atoms with Crippen LogP contribution >= 0.6 is 0 Å². The van der Waals surface area contributed by atoms with Crippen molar-refractivity contribution in [1.82, 2.24) is 9.88 Å². The molecule has 2 atom stereocenters. The van der Waals surface area contributed by atoms with E-state index in [1.807, 2.05) is 27.7 Å². The highest BCUT2D eigenvalue weighted by Gasteiger charge is 2.45. The summed E-state index contributed by atoms with van der Waals surface area (Å²) in [4.78, 5) is 19.1. The molecule has 1 aromatic carbocycles. The van der Waals surface area contributed by atoms with Gasteiger partial charge in [-0.3, -0.25) is 9.78 Å². The summed E-state index contributed by atoms with van der Waals surface area (Å²) in [6.45, 7) is 7.80. The van der Waals surface area contributed by atoms with E-state index in [-0.39, 0.29) is 36.0 Å². The van der Waals surface area contributed by atoms with E-state index in [9.17, 15) is 22.4 Å². The van der Waals surface area contributed by atoms with Gasteiger partial charge < -0.3 is 19.5 Å². The van der Waals surface area contributed by atoms with E-state index >= 15 is 0 Å². The summed E-state index contributed by atoms with van der Waals surface area (Å²) in [6, 6.07) is 4.25. The molecular weight excluding hydrogens is 492 g/mol. The predicted molar refractivity (Wildman–Crippen MR) is 132 cm³/mol. The predicted octanol–water partition coefficient (Wildman–Crippen LogP) is 5.98. The van der Waals surface area contributed by atoms with Crippen LogP contribution in [0.25, 0.3) is 0 Å². The summed E-state index contributed by atoms with van der Waals surface area (Å²) >= 11 is 0. The van der Waals surface area contributed by atoms with Gasteiger partial charge in [0.05, 0.1) is 17.9 Å². The molecule has 1 amide bonds. The number of amides is 1. The normalized spacial score (nSPS) is 18.6. The Morgan fingerprint density at radius 2 is 1.81 bits per heavy atom. The maximum atomic E-state index is 14.7. The lowest BCUT2D eigenvalue weighted by molar-refractivity contribution is -0.143. The SMILES string of the molecule is CCC(c1cncc(F)c1OC(C)C)C1(C)CCCCN1C(=O)COc1ccc(C(F)(F)F)cc1.CO. The molecule has 1 aliphatic rings. The molecule has 10 heteroatoms. The molecule has 0 bridgehead atoms. The minimum absolute atomic E-state index is 0.155. The van der Waals surface area contributed by atoms with Crippen molar-refractivity contribution in [3.05, 3.63) is 53.6 Å². The van der Waals surface area contributed by atoms with Crippen molar-refractivity contribution in [2.24, 2.45) is 0 Å². The summed E-state index contributed by atoms with van der Waals surface area (Å²) in [7, 11) is 1.00. The Labute approximate surface area is 215 Å². The van der Waals surface area contributed by atoms with E-state index in [1.54, 1.807) is 11.1 Å². The molecular formula is C27H36F4N2O4. The van der Waals surface area contributed by atoms with Crippen molar-refractivity contribution in [3.8, 4) is 11.5 Å². The fraction of sp³-hybridized carbons (Fsp3) is 0.556. The third-order valence-corrected chi connectivity index (χ3v) is 6.54. The minimum Gasteiger partial charge on any atom is -0.488 e. The highest BCUT2D eigenvalue weighted by atomic mass is 19.4. The van der Waals surface area contributed by atoms with Crippen molar-refractivity contribution in [2.45, 2.75) is 77.1 Å². The zero-order chi connectivity index (χ0) is 27.8. The Morgan fingerprint density at radius 3 is 2.38 bits per heavy atom. The molecule has 3 rings (SSSR count). The molecule has 0 radical (unpaired) electrons. The quantitative estimate of drug-likeness (QED) is 0.427. The largest absolute Gasteiger partial charge is 0.488 e. The lowest BCUT2D eigenvalue weighted by Gasteiger charge is -2.50. The summed E-state index contributed by atoms with van der Waals surface area (Å²) in [5.74, 6) is -0.727. The number of aromatic nitrogens is 1. The lowest BCUT2D eigenvalue weighted by atomic mass is 9.72. The number of aliphatic hydroxyl groups excluding tert-OH is 1. The molecule has 0 saturated carbocycles. The molecule has 2 unspecified atom stereocenters. The number of pyridine rings is 1. The van der Waals surface area contributed by atoms with Crippen LogP contribution in [0, 0.1) is 5.82 Å². The minimum atomic E-state index is -4.44. The Hall–Kier alpha value is -2.88. The number of piperidine rings is 1. The van der Waals surface area contributed by atoms with Crippen molar-refractivity contribution < 1.29 is 36.9 Å². The topological polar surface area (TPSA) is 71.9 Å². The van der Waals surface area contributed by atoms with Crippen LogP contribution in [0.15, 0.2) is 36.7 Å². The molecule has 2 heterocycles. The van der Waals surface area contributed by atoms with Crippen LogP contribution in [0.4, 0.5) is 17.6 Å². The van der Waals surface area contributed by atoms with Gasteiger partial charge >= 0.3 is 6.18 Å². The number of likely N-dealkylation sites (tertiary alicyclic amines) is 1. The maximum absolute atomic E-state index is 14.7. The van der Waals surface area contributed by atoms with Crippen LogP contribution in [-0.2, 0) is 11.0 Å². The first kappa shape index (κ1) is 30.3. The van der Waals surface area contributed by atoms with Crippen LogP contribution in [0.2, 0.25) is 0 Å². The van der Waals surface area contributed by atoms with Crippen LogP contribution in [0.3, 0.4) is 0 Å². The zero-order valence-corrected chi connectivity index (χ0v) is 21.9. The van der Waals surface area contributed by atoms with E-state index < -0.39 is 23.1 Å². The van der Waals surface area contributed by atoms with Gasteiger partial charge in [0.1, 0.15) is 5.75 Å². The number of rotatable bonds is 8. The number of hydrogen-bond donors (Lipinski definition) is 1. The van der Waals surface area contributed by atoms with Gasteiger partial charge in [-0.25, -0.2) is 4.39 Å². The van der Waals surface area contributed by atoms with Gasteiger partial charge in [-0.1, -0.05) is 6.92 Å². The molecule has 0 spiro atoms. The number of alkyl halides is 3. The number of aliphatic hydroxyl groups is 1. The van der Waals surface area contributed by atoms with Gasteiger partial charge in [0.2, 0.25) is 0 Å². The second-order valence-electron chi connectivity index (χ2n) is 9.34. The highest BCUT2D eigenvalue weighted by molar-refractivity contribution is 5.79. The third kappa shape index (κ3) is 7.34. The van der Waals surface area contributed by atoms with Gasteiger partial charge in [0.25, 0.3) is 5.91 Å². The van der Waals surface area contributed by atoms with Gasteiger partial charge in [-0.2, -0.15) is 13.2 Å². The van der Waals surface area contributed by atoms with Crippen LogP contribution < -0.4 is 9.47 Å². The van der Waals surface area contributed by atoms with Gasteiger partial charge in [-0.15, -0.1) is 0 Å². The number of carbonyl (C=O) groups is 1. The molecule has 0 aliphatic carbocycles. The molecule has 1 saturated heterocycles. The molecule has 206 valence electrons. The molecule has 1 N–H and O–H groups in total. The second kappa shape index (κ2) is 13.1. The summed E-state index contributed by atoms with van der Waals surface area (Å²) < 4.78 is 64.4. The van der Waals surface area contributed by atoms with E-state index in [1.165, 1.54) is 12.1 Å². The highest BCUT2D eigenvalue weighted by Crippen LogP contribution is 2.45. The molecule has 1 aliphatic heterocycles. The molecule has 1 fully saturated rings. The Balaban J connectivity index is 0.00000235. The van der Waals surface area contributed by atoms with Crippen molar-refractivity contribution in [3.63, 3.8) is 0 Å². The van der Waals surface area contributed by atoms with Gasteiger partial charge in [0, 0.05) is 36.9 Å². The first-order valence-corrected chi connectivity index (χ1v) is 12.3. The maximum Gasteiger partial charge on any atom is 0.416 e. The fourth-order valence-electron chi connectivity index (χ4n) is 4.92. The first-order chi connectivity index (χ1) is 17.5. The van der Waals surface area contributed by atoms with E-state index in [0.29, 0.717) is 24.9 Å². The fourth-order valence-corrected chi connectivity index (χ4v) is 4.92. The summed E-state index contributed by atoms with van der Waals surface area (Å²) in [5.41, 5.74) is -0.807. The van der Waals surface area contributed by atoms with E-state index in [0.717, 1.165) is 38.3 Å². The second-order valence-corrected chi connectivity index (χ2v) is 9.34. The number of ether oxygens (including phenoxy) is 2. The smallest absolute Gasteiger partial charge is 0.416 e. The number of nitrogens with zero attached hydrogens (tertiary/aromatic N) is 2. The molecule has 6 nitrogen and oxygen atoms in total. The van der Waals surface area contributed by atoms with Crippen molar-refractivity contribution >= 4 is 5.91 Å². The van der Waals surface area contributed by atoms with E-state index in [4.69, 9.17) is 14.6 Å². The van der Waals surface area contributed by atoms with Crippen molar-refractivity contribution in [1.29, 1.82) is 0 Å². The van der Waals surface area contributed by atoms with Crippen LogP contribution in [0.1, 0.15) is 70.4 Å². The van der Waals surface area contributed by atoms with Crippen molar-refractivity contribution in [2.75, 3.05) is 20.3 Å². The van der Waals surface area contributed by atoms with Crippen LogP contribution in [0.5, 0.6) is 11.5 Å². The average molecular weight is 529 g/mol. The third-order valence-electron chi connectivity index (χ3n) is 6.54. The summed E-state index contributed by atoms with van der Waals surface area (Å²) in [6.07, 6.45) is 1.10. The molecule has 1 aromatic heterocycles. The summed E-state index contributed by atoms with van der Waals surface area (Å²) in [5, 5.41) is 7.00. The van der Waals surface area contributed by atoms with E-state index in [2.05, 4.69) is 4.98 Å². The monoisotopic (exact) mass is 528 g/mol. The van der Waals surface area contributed by atoms with Gasteiger partial charge in [0.15, 0.2) is 18.2 Å².